The molecule has 1 fully saturated rings. The van der Waals surface area contributed by atoms with Gasteiger partial charge in [-0.25, -0.2) is 0 Å². The Morgan fingerprint density at radius 2 is 1.50 bits per heavy atom. The van der Waals surface area contributed by atoms with E-state index in [9.17, 15) is 0 Å². The Morgan fingerprint density at radius 1 is 0.850 bits per heavy atom. The summed E-state index contributed by atoms with van der Waals surface area (Å²) >= 11 is 0. The number of hydrogen-bond acceptors (Lipinski definition) is 2. The Kier molecular flexibility index (Phi) is 2.78. The van der Waals surface area contributed by atoms with Gasteiger partial charge in [-0.1, -0.05) is 42.5 Å². The van der Waals surface area contributed by atoms with Gasteiger partial charge in [-0.3, -0.25) is 0 Å². The molecule has 2 aliphatic rings. The lowest BCUT2D eigenvalue weighted by Gasteiger charge is -2.31. The Hall–Kier alpha value is -1.80. The van der Waals surface area contributed by atoms with E-state index in [1.807, 2.05) is 18.2 Å². The number of benzene rings is 2. The molecule has 2 atom stereocenters. The van der Waals surface area contributed by atoms with Gasteiger partial charge in [0, 0.05) is 18.0 Å². The zero-order valence-corrected chi connectivity index (χ0v) is 11.5. The monoisotopic (exact) mass is 265 g/mol. The average molecular weight is 265 g/mol. The Morgan fingerprint density at radius 3 is 2.25 bits per heavy atom. The summed E-state index contributed by atoms with van der Waals surface area (Å²) in [5.41, 5.74) is 10.3. The summed E-state index contributed by atoms with van der Waals surface area (Å²) in [6, 6.07) is 16.9. The van der Waals surface area contributed by atoms with Gasteiger partial charge in [-0.05, 0) is 36.0 Å². The van der Waals surface area contributed by atoms with Gasteiger partial charge in [0.1, 0.15) is 11.9 Å². The first kappa shape index (κ1) is 12.0. The second-order valence-corrected chi connectivity index (χ2v) is 5.89. The van der Waals surface area contributed by atoms with Gasteiger partial charge in [-0.2, -0.15) is 0 Å². The van der Waals surface area contributed by atoms with Gasteiger partial charge in [0.2, 0.25) is 0 Å². The molecule has 0 bridgehead atoms. The SMILES string of the molecule is N[C@@H]1CC(c2ccccc2C2CC2)Oc2ccccc21. The number of ether oxygens (including phenoxy) is 1. The lowest BCUT2D eigenvalue weighted by molar-refractivity contribution is 0.160. The first-order valence-corrected chi connectivity index (χ1v) is 7.43. The molecule has 1 unspecified atom stereocenters. The molecule has 0 amide bonds. The van der Waals surface area contributed by atoms with Crippen molar-refractivity contribution in [1.29, 1.82) is 0 Å². The van der Waals surface area contributed by atoms with Crippen LogP contribution in [0, 0.1) is 0 Å². The molecule has 0 aromatic heterocycles. The van der Waals surface area contributed by atoms with E-state index in [4.69, 9.17) is 10.5 Å². The van der Waals surface area contributed by atoms with E-state index in [-0.39, 0.29) is 12.1 Å². The summed E-state index contributed by atoms with van der Waals surface area (Å²) in [7, 11) is 0. The van der Waals surface area contributed by atoms with Crippen LogP contribution in [0.15, 0.2) is 48.5 Å². The molecule has 102 valence electrons. The zero-order chi connectivity index (χ0) is 13.5. The Labute approximate surface area is 119 Å². The van der Waals surface area contributed by atoms with Crippen LogP contribution in [-0.4, -0.2) is 0 Å². The standard InChI is InChI=1S/C18H19NO/c19-16-11-18(20-17-8-4-3-7-15(16)17)14-6-2-1-5-13(14)12-9-10-12/h1-8,12,16,18H,9-11,19H2/t16-,18?/m1/s1. The van der Waals surface area contributed by atoms with Crippen molar-refractivity contribution >= 4 is 0 Å². The highest BCUT2D eigenvalue weighted by Crippen LogP contribution is 2.46. The van der Waals surface area contributed by atoms with Crippen LogP contribution >= 0.6 is 0 Å². The zero-order valence-electron chi connectivity index (χ0n) is 11.5. The third-order valence-corrected chi connectivity index (χ3v) is 4.42. The lowest BCUT2D eigenvalue weighted by atomic mass is 9.90. The van der Waals surface area contributed by atoms with E-state index in [1.165, 1.54) is 24.0 Å². The smallest absolute Gasteiger partial charge is 0.126 e. The minimum Gasteiger partial charge on any atom is -0.485 e. The summed E-state index contributed by atoms with van der Waals surface area (Å²) in [5, 5.41) is 0. The molecule has 2 nitrogen and oxygen atoms in total. The minimum atomic E-state index is 0.0669. The maximum Gasteiger partial charge on any atom is 0.126 e. The molecule has 4 rings (SSSR count). The van der Waals surface area contributed by atoms with Crippen LogP contribution in [0.5, 0.6) is 5.75 Å². The van der Waals surface area contributed by atoms with Crippen molar-refractivity contribution in [3.05, 3.63) is 65.2 Å². The molecule has 0 radical (unpaired) electrons. The predicted octanol–water partition coefficient (Wildman–Crippen LogP) is 4.09. The van der Waals surface area contributed by atoms with Crippen LogP contribution in [0.4, 0.5) is 0 Å². The van der Waals surface area contributed by atoms with Gasteiger partial charge in [-0.15, -0.1) is 0 Å². The van der Waals surface area contributed by atoms with Crippen molar-refractivity contribution < 1.29 is 4.74 Å². The van der Waals surface area contributed by atoms with E-state index < -0.39 is 0 Å². The number of rotatable bonds is 2. The fourth-order valence-corrected chi connectivity index (χ4v) is 3.21. The van der Waals surface area contributed by atoms with Crippen LogP contribution in [0.3, 0.4) is 0 Å². The van der Waals surface area contributed by atoms with Gasteiger partial charge >= 0.3 is 0 Å². The molecule has 2 aromatic rings. The summed E-state index contributed by atoms with van der Waals surface area (Å²) < 4.78 is 6.23. The van der Waals surface area contributed by atoms with E-state index in [0.29, 0.717) is 0 Å². The molecule has 0 spiro atoms. The van der Waals surface area contributed by atoms with Gasteiger partial charge in [0.05, 0.1) is 0 Å². The fraction of sp³-hybridized carbons (Fsp3) is 0.333. The van der Waals surface area contributed by atoms with Crippen LogP contribution in [0.25, 0.3) is 0 Å². The molecule has 0 saturated heterocycles. The first-order valence-electron chi connectivity index (χ1n) is 7.43. The Balaban J connectivity index is 1.71. The first-order chi connectivity index (χ1) is 9.83. The van der Waals surface area contributed by atoms with Crippen molar-refractivity contribution in [1.82, 2.24) is 0 Å². The molecule has 20 heavy (non-hydrogen) atoms. The van der Waals surface area contributed by atoms with Gasteiger partial charge < -0.3 is 10.5 Å². The highest BCUT2D eigenvalue weighted by atomic mass is 16.5. The predicted molar refractivity (Wildman–Crippen MR) is 79.8 cm³/mol. The molecule has 1 saturated carbocycles. The third kappa shape index (κ3) is 2.01. The second-order valence-electron chi connectivity index (χ2n) is 5.89. The quantitative estimate of drug-likeness (QED) is 0.887. The molecule has 2 aromatic carbocycles. The molecule has 2 N–H and O–H groups in total. The highest BCUT2D eigenvalue weighted by molar-refractivity contribution is 5.41. The molecular weight excluding hydrogens is 246 g/mol. The summed E-state index contributed by atoms with van der Waals surface area (Å²) in [4.78, 5) is 0. The lowest BCUT2D eigenvalue weighted by Crippen LogP contribution is -2.24. The Bertz CT molecular complexity index is 633. The maximum absolute atomic E-state index is 6.34. The van der Waals surface area contributed by atoms with Crippen molar-refractivity contribution in [2.45, 2.75) is 37.3 Å². The summed E-state index contributed by atoms with van der Waals surface area (Å²) in [5.74, 6) is 1.69. The molecule has 1 aliphatic carbocycles. The maximum atomic E-state index is 6.34. The number of fused-ring (bicyclic) bond motifs is 1. The normalized spacial score (nSPS) is 24.9. The number of para-hydroxylation sites is 1. The molecular formula is C18H19NO. The van der Waals surface area contributed by atoms with Gasteiger partial charge in [0.15, 0.2) is 0 Å². The van der Waals surface area contributed by atoms with E-state index in [0.717, 1.165) is 23.7 Å². The number of hydrogen-bond donors (Lipinski definition) is 1. The molecule has 1 aliphatic heterocycles. The number of nitrogens with two attached hydrogens (primary N) is 1. The topological polar surface area (TPSA) is 35.2 Å². The summed E-state index contributed by atoms with van der Waals surface area (Å²) in [6.07, 6.45) is 3.58. The van der Waals surface area contributed by atoms with Crippen molar-refractivity contribution in [2.24, 2.45) is 5.73 Å². The van der Waals surface area contributed by atoms with Crippen molar-refractivity contribution in [3.8, 4) is 5.75 Å². The van der Waals surface area contributed by atoms with E-state index >= 15 is 0 Å². The second kappa shape index (κ2) is 4.64. The average Bonchev–Trinajstić information content (AvgIpc) is 3.32. The van der Waals surface area contributed by atoms with Crippen LogP contribution in [0.2, 0.25) is 0 Å². The van der Waals surface area contributed by atoms with E-state index in [2.05, 4.69) is 30.3 Å². The molecule has 2 heteroatoms. The van der Waals surface area contributed by atoms with Gasteiger partial charge in [0.25, 0.3) is 0 Å². The van der Waals surface area contributed by atoms with Crippen LogP contribution in [0.1, 0.15) is 54.0 Å². The van der Waals surface area contributed by atoms with Crippen LogP contribution < -0.4 is 10.5 Å². The molecule has 1 heterocycles. The third-order valence-electron chi connectivity index (χ3n) is 4.42. The van der Waals surface area contributed by atoms with E-state index in [1.54, 1.807) is 0 Å². The summed E-state index contributed by atoms with van der Waals surface area (Å²) in [6.45, 7) is 0. The highest BCUT2D eigenvalue weighted by Gasteiger charge is 2.32. The van der Waals surface area contributed by atoms with Crippen molar-refractivity contribution in [3.63, 3.8) is 0 Å². The fourth-order valence-electron chi connectivity index (χ4n) is 3.21. The van der Waals surface area contributed by atoms with Crippen molar-refractivity contribution in [2.75, 3.05) is 0 Å². The largest absolute Gasteiger partial charge is 0.485 e. The van der Waals surface area contributed by atoms with Crippen LogP contribution in [-0.2, 0) is 0 Å². The minimum absolute atomic E-state index is 0.0669.